The fourth-order valence-electron chi connectivity index (χ4n) is 2.46. The smallest absolute Gasteiger partial charge is 0.239 e. The van der Waals surface area contributed by atoms with Gasteiger partial charge in [0.05, 0.1) is 6.54 Å². The lowest BCUT2D eigenvalue weighted by Gasteiger charge is -2.16. The van der Waals surface area contributed by atoms with Crippen molar-refractivity contribution in [3.8, 4) is 0 Å². The van der Waals surface area contributed by atoms with Crippen LogP contribution in [0.25, 0.3) is 0 Å². The van der Waals surface area contributed by atoms with E-state index in [1.165, 1.54) is 0 Å². The standard InChI is InChI=1S/C18H25ClN4O2/c1-4-6-7-15(18-23-22-17(5-2)25-18)21-16(24)11-20-14-9-8-13(19)10-12(14)3/h8-10,15,20H,4-7,11H2,1-3H3,(H,21,24). The van der Waals surface area contributed by atoms with E-state index in [0.29, 0.717) is 23.2 Å². The zero-order valence-corrected chi connectivity index (χ0v) is 15.7. The minimum absolute atomic E-state index is 0.119. The molecule has 0 fully saturated rings. The molecule has 0 aliphatic carbocycles. The van der Waals surface area contributed by atoms with Crippen molar-refractivity contribution in [2.75, 3.05) is 11.9 Å². The van der Waals surface area contributed by atoms with Crippen LogP contribution >= 0.6 is 11.6 Å². The molecule has 1 aromatic heterocycles. The fraction of sp³-hybridized carbons (Fsp3) is 0.500. The minimum Gasteiger partial charge on any atom is -0.423 e. The molecule has 6 nitrogen and oxygen atoms in total. The average Bonchev–Trinajstić information content (AvgIpc) is 3.07. The first-order valence-corrected chi connectivity index (χ1v) is 9.03. The molecular weight excluding hydrogens is 340 g/mol. The molecule has 2 rings (SSSR count). The van der Waals surface area contributed by atoms with Crippen LogP contribution in [0.1, 0.15) is 56.5 Å². The third kappa shape index (κ3) is 5.74. The minimum atomic E-state index is -0.256. The summed E-state index contributed by atoms with van der Waals surface area (Å²) in [5.74, 6) is 0.939. The molecule has 0 radical (unpaired) electrons. The zero-order chi connectivity index (χ0) is 18.2. The summed E-state index contributed by atoms with van der Waals surface area (Å²) in [4.78, 5) is 12.3. The van der Waals surface area contributed by atoms with Gasteiger partial charge in [-0.25, -0.2) is 0 Å². The van der Waals surface area contributed by atoms with Gasteiger partial charge in [0.2, 0.25) is 17.7 Å². The van der Waals surface area contributed by atoms with E-state index >= 15 is 0 Å². The highest BCUT2D eigenvalue weighted by atomic mass is 35.5. The summed E-state index contributed by atoms with van der Waals surface area (Å²) < 4.78 is 5.62. The van der Waals surface area contributed by atoms with Gasteiger partial charge < -0.3 is 15.1 Å². The Hall–Kier alpha value is -2.08. The monoisotopic (exact) mass is 364 g/mol. The number of carbonyl (C=O) groups is 1. The Balaban J connectivity index is 1.96. The Morgan fingerprint density at radius 1 is 1.32 bits per heavy atom. The third-order valence-corrected chi connectivity index (χ3v) is 4.13. The van der Waals surface area contributed by atoms with Crippen molar-refractivity contribution in [2.24, 2.45) is 0 Å². The number of hydrogen-bond acceptors (Lipinski definition) is 5. The predicted octanol–water partition coefficient (Wildman–Crippen LogP) is 4.05. The number of aryl methyl sites for hydroxylation is 2. The van der Waals surface area contributed by atoms with Gasteiger partial charge in [-0.05, 0) is 37.1 Å². The third-order valence-electron chi connectivity index (χ3n) is 3.89. The van der Waals surface area contributed by atoms with Gasteiger partial charge in [-0.1, -0.05) is 38.3 Å². The number of benzene rings is 1. The van der Waals surface area contributed by atoms with E-state index in [-0.39, 0.29) is 18.5 Å². The molecule has 2 aromatic rings. The first-order valence-electron chi connectivity index (χ1n) is 8.65. The Bertz CT molecular complexity index is 702. The Morgan fingerprint density at radius 2 is 2.12 bits per heavy atom. The molecule has 7 heteroatoms. The van der Waals surface area contributed by atoms with Gasteiger partial charge in [-0.3, -0.25) is 4.79 Å². The molecule has 0 aliphatic rings. The number of rotatable bonds is 9. The van der Waals surface area contributed by atoms with Crippen molar-refractivity contribution in [3.05, 3.63) is 40.6 Å². The Labute approximate surface area is 153 Å². The van der Waals surface area contributed by atoms with Crippen molar-refractivity contribution in [1.82, 2.24) is 15.5 Å². The zero-order valence-electron chi connectivity index (χ0n) is 14.9. The van der Waals surface area contributed by atoms with Gasteiger partial charge in [0, 0.05) is 17.1 Å². The molecule has 0 saturated heterocycles. The lowest BCUT2D eigenvalue weighted by Crippen LogP contribution is -2.33. The summed E-state index contributed by atoms with van der Waals surface area (Å²) in [7, 11) is 0. The highest BCUT2D eigenvalue weighted by Gasteiger charge is 2.20. The van der Waals surface area contributed by atoms with Crippen LogP contribution < -0.4 is 10.6 Å². The SMILES string of the molecule is CCCCC(NC(=O)CNc1ccc(Cl)cc1C)c1nnc(CC)o1. The topological polar surface area (TPSA) is 80.0 Å². The lowest BCUT2D eigenvalue weighted by atomic mass is 10.1. The maximum Gasteiger partial charge on any atom is 0.239 e. The molecule has 2 N–H and O–H groups in total. The number of carbonyl (C=O) groups excluding carboxylic acids is 1. The highest BCUT2D eigenvalue weighted by Crippen LogP contribution is 2.20. The molecular formula is C18H25ClN4O2. The number of aromatic nitrogens is 2. The van der Waals surface area contributed by atoms with E-state index in [9.17, 15) is 4.79 Å². The molecule has 1 aromatic carbocycles. The van der Waals surface area contributed by atoms with Crippen LogP contribution in [0.5, 0.6) is 0 Å². The van der Waals surface area contributed by atoms with Crippen LogP contribution in [0, 0.1) is 6.92 Å². The van der Waals surface area contributed by atoms with Crippen LogP contribution in [-0.4, -0.2) is 22.6 Å². The summed E-state index contributed by atoms with van der Waals surface area (Å²) in [6.07, 6.45) is 3.45. The molecule has 0 spiro atoms. The van der Waals surface area contributed by atoms with Gasteiger partial charge in [-0.15, -0.1) is 10.2 Å². The van der Waals surface area contributed by atoms with Gasteiger partial charge >= 0.3 is 0 Å². The second kappa shape index (κ2) is 9.42. The molecule has 1 unspecified atom stereocenters. The molecule has 0 saturated carbocycles. The van der Waals surface area contributed by atoms with E-state index in [4.69, 9.17) is 16.0 Å². The van der Waals surface area contributed by atoms with Crippen LogP contribution in [0.2, 0.25) is 5.02 Å². The van der Waals surface area contributed by atoms with E-state index in [1.54, 1.807) is 6.07 Å². The number of nitrogens with zero attached hydrogens (tertiary/aromatic N) is 2. The first kappa shape index (κ1) is 19.2. The molecule has 136 valence electrons. The average molecular weight is 365 g/mol. The van der Waals surface area contributed by atoms with E-state index in [1.807, 2.05) is 26.0 Å². The number of unbranched alkanes of at least 4 members (excludes halogenated alkanes) is 1. The van der Waals surface area contributed by atoms with Crippen molar-refractivity contribution in [2.45, 2.75) is 52.5 Å². The van der Waals surface area contributed by atoms with Gasteiger partial charge in [0.25, 0.3) is 0 Å². The second-order valence-electron chi connectivity index (χ2n) is 5.96. The summed E-state index contributed by atoms with van der Waals surface area (Å²) in [5.41, 5.74) is 1.88. The van der Waals surface area contributed by atoms with Crippen LogP contribution in [-0.2, 0) is 11.2 Å². The molecule has 0 aliphatic heterocycles. The van der Waals surface area contributed by atoms with E-state index in [2.05, 4.69) is 27.8 Å². The number of amides is 1. The van der Waals surface area contributed by atoms with Crippen molar-refractivity contribution < 1.29 is 9.21 Å². The molecule has 1 heterocycles. The quantitative estimate of drug-likeness (QED) is 0.701. The van der Waals surface area contributed by atoms with E-state index < -0.39 is 0 Å². The molecule has 1 amide bonds. The molecule has 1 atom stereocenters. The summed E-state index contributed by atoms with van der Waals surface area (Å²) in [5, 5.41) is 14.8. The summed E-state index contributed by atoms with van der Waals surface area (Å²) in [6, 6.07) is 5.26. The van der Waals surface area contributed by atoms with Crippen LogP contribution in [0.4, 0.5) is 5.69 Å². The van der Waals surface area contributed by atoms with E-state index in [0.717, 1.165) is 30.5 Å². The fourth-order valence-corrected chi connectivity index (χ4v) is 2.69. The first-order chi connectivity index (χ1) is 12.0. The number of nitrogens with one attached hydrogen (secondary N) is 2. The normalized spacial score (nSPS) is 12.0. The lowest BCUT2D eigenvalue weighted by molar-refractivity contribution is -0.120. The van der Waals surface area contributed by atoms with Crippen LogP contribution in [0.3, 0.4) is 0 Å². The van der Waals surface area contributed by atoms with Gasteiger partial charge in [0.15, 0.2) is 0 Å². The maximum absolute atomic E-state index is 12.3. The summed E-state index contributed by atoms with van der Waals surface area (Å²) >= 11 is 5.95. The molecule has 0 bridgehead atoms. The van der Waals surface area contributed by atoms with Crippen molar-refractivity contribution >= 4 is 23.2 Å². The van der Waals surface area contributed by atoms with Gasteiger partial charge in [0.1, 0.15) is 6.04 Å². The Morgan fingerprint density at radius 3 is 2.76 bits per heavy atom. The van der Waals surface area contributed by atoms with Crippen molar-refractivity contribution in [3.63, 3.8) is 0 Å². The summed E-state index contributed by atoms with van der Waals surface area (Å²) in [6.45, 7) is 6.17. The number of hydrogen-bond donors (Lipinski definition) is 2. The second-order valence-corrected chi connectivity index (χ2v) is 6.40. The molecule has 25 heavy (non-hydrogen) atoms. The Kier molecular flexibility index (Phi) is 7.25. The predicted molar refractivity (Wildman–Crippen MR) is 98.8 cm³/mol. The van der Waals surface area contributed by atoms with Crippen molar-refractivity contribution in [1.29, 1.82) is 0 Å². The largest absolute Gasteiger partial charge is 0.423 e. The van der Waals surface area contributed by atoms with Gasteiger partial charge in [-0.2, -0.15) is 0 Å². The maximum atomic E-state index is 12.3. The number of halogens is 1. The number of anilines is 1. The highest BCUT2D eigenvalue weighted by molar-refractivity contribution is 6.30. The van der Waals surface area contributed by atoms with Crippen LogP contribution in [0.15, 0.2) is 22.6 Å².